The third-order valence-corrected chi connectivity index (χ3v) is 6.61. The number of fused-ring (bicyclic) bond motifs is 1. The second kappa shape index (κ2) is 11.6. The molecule has 1 aliphatic heterocycles. The minimum absolute atomic E-state index is 0.0585. The maximum absolute atomic E-state index is 13.5. The van der Waals surface area contributed by atoms with Gasteiger partial charge < -0.3 is 33.6 Å². The first-order valence-electron chi connectivity index (χ1n) is 12.8. The summed E-state index contributed by atoms with van der Waals surface area (Å²) in [5, 5.41) is 12.1. The van der Waals surface area contributed by atoms with Gasteiger partial charge in [-0.25, -0.2) is 4.98 Å². The number of hydrogen-bond acceptors (Lipinski definition) is 9. The predicted octanol–water partition coefficient (Wildman–Crippen LogP) is 4.51. The number of amides is 1. The lowest BCUT2D eigenvalue weighted by atomic mass is 10.1. The molecule has 2 atom stereocenters. The van der Waals surface area contributed by atoms with Gasteiger partial charge in [-0.15, -0.1) is 0 Å². The molecule has 0 spiro atoms. The Morgan fingerprint density at radius 3 is 2.85 bits per heavy atom. The number of carbonyl (C=O) groups excluding carboxylic acids is 1. The third-order valence-electron chi connectivity index (χ3n) is 6.61. The number of carboxylic acids is 1. The summed E-state index contributed by atoms with van der Waals surface area (Å²) < 4.78 is 23.1. The van der Waals surface area contributed by atoms with E-state index in [9.17, 15) is 9.59 Å². The van der Waals surface area contributed by atoms with Crippen LogP contribution in [-0.4, -0.2) is 58.2 Å². The molecular formula is C28H30N4O7. The van der Waals surface area contributed by atoms with Crippen LogP contribution in [0.15, 0.2) is 57.5 Å². The second-order valence-corrected chi connectivity index (χ2v) is 9.20. The van der Waals surface area contributed by atoms with Crippen LogP contribution in [0.25, 0.3) is 11.1 Å². The molecule has 2 aromatic heterocycles. The molecule has 1 fully saturated rings. The van der Waals surface area contributed by atoms with E-state index in [2.05, 4.69) is 15.3 Å². The smallest absolute Gasteiger partial charge is 0.303 e. The van der Waals surface area contributed by atoms with Crippen molar-refractivity contribution in [2.45, 2.75) is 44.8 Å². The molecule has 11 nitrogen and oxygen atoms in total. The number of methoxy groups -OCH3 is 1. The average Bonchev–Trinajstić information content (AvgIpc) is 3.65. The highest BCUT2D eigenvalue weighted by Crippen LogP contribution is 2.35. The van der Waals surface area contributed by atoms with Crippen LogP contribution >= 0.6 is 0 Å². The van der Waals surface area contributed by atoms with E-state index in [1.165, 1.54) is 6.20 Å². The maximum atomic E-state index is 13.5. The first-order chi connectivity index (χ1) is 18.9. The molecule has 1 aliphatic rings. The van der Waals surface area contributed by atoms with E-state index in [1.54, 1.807) is 12.0 Å². The summed E-state index contributed by atoms with van der Waals surface area (Å²) in [6.07, 6.45) is 2.23. The zero-order chi connectivity index (χ0) is 27.4. The molecule has 0 saturated carbocycles. The summed E-state index contributed by atoms with van der Waals surface area (Å²) in [7, 11) is 1.59. The summed E-state index contributed by atoms with van der Waals surface area (Å²) in [6.45, 7) is 2.89. The Morgan fingerprint density at radius 1 is 1.21 bits per heavy atom. The number of nitrogens with one attached hydrogen (secondary N) is 1. The summed E-state index contributed by atoms with van der Waals surface area (Å²) in [4.78, 5) is 35.0. The Balaban J connectivity index is 1.31. The van der Waals surface area contributed by atoms with E-state index in [0.29, 0.717) is 54.1 Å². The average molecular weight is 535 g/mol. The zero-order valence-electron chi connectivity index (χ0n) is 21.8. The first kappa shape index (κ1) is 26.2. The van der Waals surface area contributed by atoms with Gasteiger partial charge in [-0.2, -0.15) is 4.98 Å². The van der Waals surface area contributed by atoms with Crippen molar-refractivity contribution in [2.24, 2.45) is 0 Å². The number of benzene rings is 2. The summed E-state index contributed by atoms with van der Waals surface area (Å²) in [5.41, 5.74) is 2.72. The van der Waals surface area contributed by atoms with Crippen molar-refractivity contribution >= 4 is 34.7 Å². The van der Waals surface area contributed by atoms with E-state index in [4.69, 9.17) is 23.4 Å². The van der Waals surface area contributed by atoms with Gasteiger partial charge in [0.25, 0.3) is 6.01 Å². The number of carbonyl (C=O) groups is 2. The number of oxazole rings is 2. The largest absolute Gasteiger partial charge is 0.495 e. The molecule has 204 valence electrons. The zero-order valence-corrected chi connectivity index (χ0v) is 21.8. The van der Waals surface area contributed by atoms with Crippen molar-refractivity contribution in [1.82, 2.24) is 14.9 Å². The van der Waals surface area contributed by atoms with Crippen LogP contribution in [0, 0.1) is 0 Å². The van der Waals surface area contributed by atoms with E-state index >= 15 is 0 Å². The number of aromatic nitrogens is 2. The highest BCUT2D eigenvalue weighted by Gasteiger charge is 2.41. The van der Waals surface area contributed by atoms with Crippen LogP contribution in [0.5, 0.6) is 5.75 Å². The second-order valence-electron chi connectivity index (χ2n) is 9.20. The SMILES string of the molecule is CCO[C@H]1CCN(C(=O)Cc2ccc3nc(Nc4ccccc4OC)oc3c2)[C@@H]1c1ncc(CCC(=O)O)o1. The highest BCUT2D eigenvalue weighted by molar-refractivity contribution is 5.82. The van der Waals surface area contributed by atoms with Gasteiger partial charge in [0.15, 0.2) is 5.58 Å². The fraction of sp³-hybridized carbons (Fsp3) is 0.357. The molecule has 4 aromatic rings. The molecule has 2 aromatic carbocycles. The Kier molecular flexibility index (Phi) is 7.78. The molecule has 5 rings (SSSR count). The van der Waals surface area contributed by atoms with Gasteiger partial charge in [-0.05, 0) is 43.2 Å². The Bertz CT molecular complexity index is 1460. The van der Waals surface area contributed by atoms with E-state index in [-0.39, 0.29) is 31.3 Å². The van der Waals surface area contributed by atoms with Crippen molar-refractivity contribution in [3.63, 3.8) is 0 Å². The van der Waals surface area contributed by atoms with Crippen LogP contribution in [0.1, 0.15) is 43.0 Å². The maximum Gasteiger partial charge on any atom is 0.303 e. The quantitative estimate of drug-likeness (QED) is 0.282. The summed E-state index contributed by atoms with van der Waals surface area (Å²) in [6, 6.07) is 12.8. The lowest BCUT2D eigenvalue weighted by Crippen LogP contribution is -2.35. The fourth-order valence-electron chi connectivity index (χ4n) is 4.80. The van der Waals surface area contributed by atoms with Gasteiger partial charge in [0, 0.05) is 19.6 Å². The molecule has 1 saturated heterocycles. The molecule has 0 radical (unpaired) electrons. The predicted molar refractivity (Wildman–Crippen MR) is 141 cm³/mol. The van der Waals surface area contributed by atoms with Gasteiger partial charge in [-0.1, -0.05) is 18.2 Å². The topological polar surface area (TPSA) is 140 Å². The Morgan fingerprint density at radius 2 is 2.05 bits per heavy atom. The molecule has 3 heterocycles. The molecule has 11 heteroatoms. The number of nitrogens with zero attached hydrogens (tertiary/aromatic N) is 3. The number of likely N-dealkylation sites (tertiary alicyclic amines) is 1. The number of rotatable bonds is 11. The van der Waals surface area contributed by atoms with Crippen LogP contribution in [0.4, 0.5) is 11.7 Å². The highest BCUT2D eigenvalue weighted by atomic mass is 16.5. The van der Waals surface area contributed by atoms with Gasteiger partial charge in [0.05, 0.1) is 37.9 Å². The molecule has 0 bridgehead atoms. The fourth-order valence-corrected chi connectivity index (χ4v) is 4.80. The summed E-state index contributed by atoms with van der Waals surface area (Å²) >= 11 is 0. The number of aliphatic carboxylic acids is 1. The summed E-state index contributed by atoms with van der Waals surface area (Å²) in [5.74, 6) is 0.479. The van der Waals surface area contributed by atoms with Crippen LogP contribution < -0.4 is 10.1 Å². The molecule has 0 unspecified atom stereocenters. The van der Waals surface area contributed by atoms with Gasteiger partial charge in [-0.3, -0.25) is 9.59 Å². The van der Waals surface area contributed by atoms with Gasteiger partial charge in [0.1, 0.15) is 23.1 Å². The number of carboxylic acid groups (broad SMARTS) is 1. The molecule has 0 aliphatic carbocycles. The minimum Gasteiger partial charge on any atom is -0.495 e. The Labute approximate surface area is 224 Å². The van der Waals surface area contributed by atoms with Gasteiger partial charge in [0.2, 0.25) is 11.8 Å². The van der Waals surface area contributed by atoms with Crippen molar-refractivity contribution < 1.29 is 33.0 Å². The monoisotopic (exact) mass is 534 g/mol. The van der Waals surface area contributed by atoms with Crippen molar-refractivity contribution in [2.75, 3.05) is 25.6 Å². The van der Waals surface area contributed by atoms with Crippen LogP contribution in [-0.2, 0) is 27.2 Å². The van der Waals surface area contributed by atoms with Crippen molar-refractivity contribution in [3.8, 4) is 5.75 Å². The van der Waals surface area contributed by atoms with Crippen molar-refractivity contribution in [3.05, 3.63) is 65.9 Å². The number of anilines is 2. The molecule has 1 amide bonds. The van der Waals surface area contributed by atoms with E-state index in [0.717, 1.165) is 11.3 Å². The Hall–Kier alpha value is -4.38. The number of hydrogen-bond donors (Lipinski definition) is 2. The number of ether oxygens (including phenoxy) is 2. The van der Waals surface area contributed by atoms with Crippen molar-refractivity contribution in [1.29, 1.82) is 0 Å². The van der Waals surface area contributed by atoms with E-state index in [1.807, 2.05) is 49.4 Å². The van der Waals surface area contributed by atoms with Gasteiger partial charge >= 0.3 is 5.97 Å². The number of aryl methyl sites for hydroxylation is 1. The lowest BCUT2D eigenvalue weighted by molar-refractivity contribution is -0.137. The van der Waals surface area contributed by atoms with E-state index < -0.39 is 12.0 Å². The molecular weight excluding hydrogens is 504 g/mol. The first-order valence-corrected chi connectivity index (χ1v) is 12.8. The third kappa shape index (κ3) is 5.88. The molecule has 2 N–H and O–H groups in total. The normalized spacial score (nSPS) is 17.0. The minimum atomic E-state index is -0.913. The lowest BCUT2D eigenvalue weighted by Gasteiger charge is -2.25. The van der Waals surface area contributed by atoms with Crippen LogP contribution in [0.3, 0.4) is 0 Å². The van der Waals surface area contributed by atoms with Crippen LogP contribution in [0.2, 0.25) is 0 Å². The molecule has 39 heavy (non-hydrogen) atoms. The standard InChI is InChI=1S/C28H30N4O7/c1-3-37-22-12-13-32(26(22)27-29-16-18(38-27)9-11-25(34)35)24(33)15-17-8-10-20-23(14-17)39-28(31-20)30-19-6-4-5-7-21(19)36-2/h4-8,10,14,16,22,26H,3,9,11-13,15H2,1-2H3,(H,30,31)(H,34,35)/t22-,26-/m0/s1. The number of para-hydroxylation sites is 2.